The fraction of sp³-hybridized carbons (Fsp3) is 0.0556. The third-order valence-corrected chi connectivity index (χ3v) is 3.46. The Morgan fingerprint density at radius 2 is 1.73 bits per heavy atom. The summed E-state index contributed by atoms with van der Waals surface area (Å²) in [6.45, 7) is 0. The molecule has 0 atom stereocenters. The molecule has 1 aromatic heterocycles. The number of rotatable bonds is 5. The minimum Gasteiger partial charge on any atom is -0.495 e. The van der Waals surface area contributed by atoms with Crippen LogP contribution in [0.4, 0.5) is 26.0 Å². The summed E-state index contributed by atoms with van der Waals surface area (Å²) in [4.78, 5) is 20.1. The van der Waals surface area contributed by atoms with Crippen LogP contribution in [0.2, 0.25) is 0 Å². The molecule has 0 aliphatic heterocycles. The van der Waals surface area contributed by atoms with E-state index in [1.54, 1.807) is 19.2 Å². The summed E-state index contributed by atoms with van der Waals surface area (Å²) in [5, 5.41) is 5.16. The van der Waals surface area contributed by atoms with Crippen LogP contribution in [0.3, 0.4) is 0 Å². The predicted octanol–water partition coefficient (Wildman–Crippen LogP) is 3.76. The molecular formula is C18H14F2N4O2. The van der Waals surface area contributed by atoms with Gasteiger partial charge in [-0.1, -0.05) is 18.2 Å². The number of amides is 1. The standard InChI is InChI=1S/C18H14F2N4O2/c1-26-15-8-3-2-7-13(15)23-16-10-21-14(9-22-16)18(25)24-17-11(19)5-4-6-12(17)20/h2-10H,1H3,(H,22,23)(H,24,25). The zero-order valence-electron chi connectivity index (χ0n) is 13.7. The Kier molecular flexibility index (Phi) is 5.02. The highest BCUT2D eigenvalue weighted by atomic mass is 19.1. The second-order valence-electron chi connectivity index (χ2n) is 5.16. The number of halogens is 2. The third kappa shape index (κ3) is 3.75. The number of aromatic nitrogens is 2. The highest BCUT2D eigenvalue weighted by Gasteiger charge is 2.15. The van der Waals surface area contributed by atoms with Crippen LogP contribution in [-0.4, -0.2) is 23.0 Å². The second-order valence-corrected chi connectivity index (χ2v) is 5.16. The van der Waals surface area contributed by atoms with Crippen molar-refractivity contribution in [2.24, 2.45) is 0 Å². The molecule has 1 heterocycles. The molecule has 0 spiro atoms. The molecule has 2 N–H and O–H groups in total. The van der Waals surface area contributed by atoms with Crippen molar-refractivity contribution in [1.82, 2.24) is 9.97 Å². The Morgan fingerprint density at radius 1 is 1.00 bits per heavy atom. The molecule has 0 fully saturated rings. The van der Waals surface area contributed by atoms with Gasteiger partial charge in [0.1, 0.15) is 34.6 Å². The number of nitrogens with zero attached hydrogens (tertiary/aromatic N) is 2. The molecule has 3 rings (SSSR count). The van der Waals surface area contributed by atoms with Crippen molar-refractivity contribution in [2.45, 2.75) is 0 Å². The molecule has 0 bridgehead atoms. The lowest BCUT2D eigenvalue weighted by molar-refractivity contribution is 0.102. The molecule has 0 aliphatic carbocycles. The average Bonchev–Trinajstić information content (AvgIpc) is 2.66. The van der Waals surface area contributed by atoms with E-state index in [0.717, 1.165) is 12.1 Å². The molecule has 2 aromatic carbocycles. The van der Waals surface area contributed by atoms with Crippen LogP contribution >= 0.6 is 0 Å². The summed E-state index contributed by atoms with van der Waals surface area (Å²) in [5.74, 6) is -1.53. The van der Waals surface area contributed by atoms with E-state index >= 15 is 0 Å². The summed E-state index contributed by atoms with van der Waals surface area (Å²) < 4.78 is 32.4. The maximum atomic E-state index is 13.6. The fourth-order valence-electron chi connectivity index (χ4n) is 2.19. The van der Waals surface area contributed by atoms with E-state index in [1.807, 2.05) is 12.1 Å². The molecule has 0 radical (unpaired) electrons. The molecular weight excluding hydrogens is 342 g/mol. The number of hydrogen-bond donors (Lipinski definition) is 2. The van der Waals surface area contributed by atoms with Crippen molar-refractivity contribution in [3.05, 3.63) is 72.2 Å². The summed E-state index contributed by atoms with van der Waals surface area (Å²) in [5.41, 5.74) is 0.0590. The molecule has 6 nitrogen and oxygen atoms in total. The van der Waals surface area contributed by atoms with E-state index < -0.39 is 23.2 Å². The Hall–Kier alpha value is -3.55. The largest absolute Gasteiger partial charge is 0.495 e. The van der Waals surface area contributed by atoms with Gasteiger partial charge in [0, 0.05) is 0 Å². The topological polar surface area (TPSA) is 76.1 Å². The molecule has 0 saturated heterocycles. The Balaban J connectivity index is 1.74. The fourth-order valence-corrected chi connectivity index (χ4v) is 2.19. The zero-order chi connectivity index (χ0) is 18.5. The van der Waals surface area contributed by atoms with E-state index in [0.29, 0.717) is 17.3 Å². The van der Waals surface area contributed by atoms with Gasteiger partial charge in [-0.15, -0.1) is 0 Å². The number of carbonyl (C=O) groups is 1. The minimum absolute atomic E-state index is 0.0850. The number of methoxy groups -OCH3 is 1. The van der Waals surface area contributed by atoms with Crippen molar-refractivity contribution in [2.75, 3.05) is 17.7 Å². The number of carbonyl (C=O) groups excluding carboxylic acids is 1. The first kappa shape index (κ1) is 17.3. The van der Waals surface area contributed by atoms with Gasteiger partial charge in [0.25, 0.3) is 5.91 Å². The van der Waals surface area contributed by atoms with Crippen LogP contribution in [0.25, 0.3) is 0 Å². The van der Waals surface area contributed by atoms with Gasteiger partial charge in [-0.05, 0) is 24.3 Å². The first-order valence-electron chi connectivity index (χ1n) is 7.56. The normalized spacial score (nSPS) is 10.3. The summed E-state index contributed by atoms with van der Waals surface area (Å²) >= 11 is 0. The van der Waals surface area contributed by atoms with Crippen LogP contribution in [0.1, 0.15) is 10.5 Å². The van der Waals surface area contributed by atoms with Crippen molar-refractivity contribution in [3.8, 4) is 5.75 Å². The first-order chi connectivity index (χ1) is 12.6. The predicted molar refractivity (Wildman–Crippen MR) is 92.6 cm³/mol. The minimum atomic E-state index is -0.874. The number of nitrogens with one attached hydrogen (secondary N) is 2. The van der Waals surface area contributed by atoms with Crippen molar-refractivity contribution < 1.29 is 18.3 Å². The quantitative estimate of drug-likeness (QED) is 0.728. The van der Waals surface area contributed by atoms with Crippen LogP contribution in [0.15, 0.2) is 54.9 Å². The maximum Gasteiger partial charge on any atom is 0.276 e. The molecule has 0 unspecified atom stereocenters. The number of anilines is 3. The van der Waals surface area contributed by atoms with E-state index in [-0.39, 0.29) is 5.69 Å². The number of ether oxygens (including phenoxy) is 1. The van der Waals surface area contributed by atoms with Crippen molar-refractivity contribution in [1.29, 1.82) is 0 Å². The molecule has 8 heteroatoms. The van der Waals surface area contributed by atoms with Gasteiger partial charge in [0.2, 0.25) is 0 Å². The van der Waals surface area contributed by atoms with Gasteiger partial charge in [0.15, 0.2) is 0 Å². The highest BCUT2D eigenvalue weighted by molar-refractivity contribution is 6.02. The van der Waals surface area contributed by atoms with E-state index in [1.165, 1.54) is 18.5 Å². The Bertz CT molecular complexity index is 912. The number of benzene rings is 2. The molecule has 3 aromatic rings. The van der Waals surface area contributed by atoms with Gasteiger partial charge in [-0.25, -0.2) is 18.7 Å². The lowest BCUT2D eigenvalue weighted by atomic mass is 10.2. The lowest BCUT2D eigenvalue weighted by Crippen LogP contribution is -2.16. The van der Waals surface area contributed by atoms with Crippen molar-refractivity contribution >= 4 is 23.1 Å². The van der Waals surface area contributed by atoms with E-state index in [9.17, 15) is 13.6 Å². The van der Waals surface area contributed by atoms with Gasteiger partial charge in [0.05, 0.1) is 25.2 Å². The number of hydrogen-bond acceptors (Lipinski definition) is 5. The smallest absolute Gasteiger partial charge is 0.276 e. The molecule has 26 heavy (non-hydrogen) atoms. The summed E-state index contributed by atoms with van der Waals surface area (Å²) in [7, 11) is 1.54. The zero-order valence-corrected chi connectivity index (χ0v) is 13.7. The third-order valence-electron chi connectivity index (χ3n) is 3.46. The number of para-hydroxylation sites is 3. The second kappa shape index (κ2) is 7.56. The van der Waals surface area contributed by atoms with Crippen LogP contribution in [-0.2, 0) is 0 Å². The Morgan fingerprint density at radius 3 is 2.38 bits per heavy atom. The molecule has 132 valence electrons. The van der Waals surface area contributed by atoms with Gasteiger partial charge in [-0.3, -0.25) is 4.79 Å². The van der Waals surface area contributed by atoms with Crippen LogP contribution in [0.5, 0.6) is 5.75 Å². The SMILES string of the molecule is COc1ccccc1Nc1cnc(C(=O)Nc2c(F)cccc2F)cn1. The summed E-state index contributed by atoms with van der Waals surface area (Å²) in [6.07, 6.45) is 2.53. The highest BCUT2D eigenvalue weighted by Crippen LogP contribution is 2.25. The molecule has 0 saturated carbocycles. The molecule has 0 aliphatic rings. The van der Waals surface area contributed by atoms with Crippen LogP contribution in [0, 0.1) is 11.6 Å². The van der Waals surface area contributed by atoms with Gasteiger partial charge in [-0.2, -0.15) is 0 Å². The van der Waals surface area contributed by atoms with E-state index in [2.05, 4.69) is 20.6 Å². The summed E-state index contributed by atoms with van der Waals surface area (Å²) in [6, 6.07) is 10.5. The monoisotopic (exact) mass is 356 g/mol. The maximum absolute atomic E-state index is 13.6. The Labute approximate surface area is 147 Å². The first-order valence-corrected chi connectivity index (χ1v) is 7.56. The van der Waals surface area contributed by atoms with Gasteiger partial charge >= 0.3 is 0 Å². The van der Waals surface area contributed by atoms with Crippen LogP contribution < -0.4 is 15.4 Å². The molecule has 1 amide bonds. The van der Waals surface area contributed by atoms with Gasteiger partial charge < -0.3 is 15.4 Å². The average molecular weight is 356 g/mol. The van der Waals surface area contributed by atoms with Crippen molar-refractivity contribution in [3.63, 3.8) is 0 Å². The van der Waals surface area contributed by atoms with E-state index in [4.69, 9.17) is 4.74 Å². The lowest BCUT2D eigenvalue weighted by Gasteiger charge is -2.10.